The number of nitrogens with one attached hydrogen (secondary N) is 3. The van der Waals surface area contributed by atoms with Crippen LogP contribution in [0.15, 0.2) is 57.5 Å². The Morgan fingerprint density at radius 1 is 1.03 bits per heavy atom. The molecule has 0 aliphatic rings. The Kier molecular flexibility index (Phi) is 8.16. The number of carbonyl (C=O) groups is 2. The van der Waals surface area contributed by atoms with Gasteiger partial charge in [0.05, 0.1) is 0 Å². The van der Waals surface area contributed by atoms with Gasteiger partial charge in [0.2, 0.25) is 11.0 Å². The normalized spacial score (nSPS) is 12.6. The summed E-state index contributed by atoms with van der Waals surface area (Å²) in [6.07, 6.45) is 0.718. The lowest BCUT2D eigenvalue weighted by atomic mass is 9.98. The molecule has 0 bridgehead atoms. The van der Waals surface area contributed by atoms with Crippen molar-refractivity contribution in [3.05, 3.63) is 57.5 Å². The standard InChI is InChI=1S/C21H21Br2N5O2S/c1-3-12(2)17(25-20(30)24-16-6-4-5-15(23)11-16)18(29)26-21-28-27-19(31-21)13-7-9-14(22)10-8-13/h4-12,17H,3H2,1-2H3,(H2,24,25,30)(H,26,28,29)/t12-,17+/m1/s1. The Morgan fingerprint density at radius 3 is 2.45 bits per heavy atom. The summed E-state index contributed by atoms with van der Waals surface area (Å²) in [5, 5.41) is 17.6. The molecule has 31 heavy (non-hydrogen) atoms. The Morgan fingerprint density at radius 2 is 1.77 bits per heavy atom. The minimum absolute atomic E-state index is 0.0767. The van der Waals surface area contributed by atoms with Crippen molar-refractivity contribution in [2.75, 3.05) is 10.6 Å². The lowest BCUT2D eigenvalue weighted by Gasteiger charge is -2.23. The second-order valence-electron chi connectivity index (χ2n) is 6.88. The van der Waals surface area contributed by atoms with Crippen LogP contribution >= 0.6 is 43.2 Å². The average molecular weight is 567 g/mol. The number of hydrogen-bond acceptors (Lipinski definition) is 5. The summed E-state index contributed by atoms with van der Waals surface area (Å²) < 4.78 is 1.82. The molecular weight excluding hydrogens is 546 g/mol. The van der Waals surface area contributed by atoms with E-state index in [1.54, 1.807) is 12.1 Å². The van der Waals surface area contributed by atoms with Gasteiger partial charge in [-0.2, -0.15) is 0 Å². The Balaban J connectivity index is 1.67. The fourth-order valence-electron chi connectivity index (χ4n) is 2.74. The number of halogens is 2. The van der Waals surface area contributed by atoms with E-state index in [4.69, 9.17) is 0 Å². The van der Waals surface area contributed by atoms with E-state index in [2.05, 4.69) is 58.0 Å². The number of urea groups is 1. The maximum absolute atomic E-state index is 12.9. The fourth-order valence-corrected chi connectivity index (χ4v) is 4.16. The molecule has 7 nitrogen and oxygen atoms in total. The highest BCUT2D eigenvalue weighted by molar-refractivity contribution is 9.10. The van der Waals surface area contributed by atoms with Crippen LogP contribution in [0.1, 0.15) is 20.3 Å². The molecule has 0 saturated heterocycles. The molecule has 0 unspecified atom stereocenters. The number of anilines is 2. The van der Waals surface area contributed by atoms with Crippen LogP contribution in [0.2, 0.25) is 0 Å². The fraction of sp³-hybridized carbons (Fsp3) is 0.238. The van der Waals surface area contributed by atoms with Crippen LogP contribution in [0, 0.1) is 5.92 Å². The van der Waals surface area contributed by atoms with Gasteiger partial charge in [-0.15, -0.1) is 10.2 Å². The van der Waals surface area contributed by atoms with Crippen molar-refractivity contribution in [3.63, 3.8) is 0 Å². The van der Waals surface area contributed by atoms with Gasteiger partial charge in [0.1, 0.15) is 11.0 Å². The zero-order chi connectivity index (χ0) is 22.4. The van der Waals surface area contributed by atoms with E-state index in [1.807, 2.05) is 50.2 Å². The van der Waals surface area contributed by atoms with Gasteiger partial charge < -0.3 is 10.6 Å². The zero-order valence-corrected chi connectivity index (χ0v) is 20.8. The first-order chi connectivity index (χ1) is 14.9. The van der Waals surface area contributed by atoms with Crippen LogP contribution in [0.25, 0.3) is 10.6 Å². The van der Waals surface area contributed by atoms with E-state index in [9.17, 15) is 9.59 Å². The average Bonchev–Trinajstić information content (AvgIpc) is 3.20. The summed E-state index contributed by atoms with van der Waals surface area (Å²) in [6.45, 7) is 3.88. The van der Waals surface area contributed by atoms with Crippen LogP contribution in [0.4, 0.5) is 15.6 Å². The van der Waals surface area contributed by atoms with Crippen LogP contribution in [0.5, 0.6) is 0 Å². The van der Waals surface area contributed by atoms with E-state index in [-0.39, 0.29) is 11.8 Å². The smallest absolute Gasteiger partial charge is 0.319 e. The molecule has 0 saturated carbocycles. The van der Waals surface area contributed by atoms with Gasteiger partial charge in [-0.25, -0.2) is 4.79 Å². The summed E-state index contributed by atoms with van der Waals surface area (Å²) in [4.78, 5) is 25.4. The molecule has 162 valence electrons. The van der Waals surface area contributed by atoms with Gasteiger partial charge in [0, 0.05) is 20.2 Å². The van der Waals surface area contributed by atoms with E-state index in [1.165, 1.54) is 11.3 Å². The van der Waals surface area contributed by atoms with Crippen molar-refractivity contribution in [1.82, 2.24) is 15.5 Å². The van der Waals surface area contributed by atoms with E-state index < -0.39 is 12.1 Å². The highest BCUT2D eigenvalue weighted by Crippen LogP contribution is 2.27. The van der Waals surface area contributed by atoms with Gasteiger partial charge in [0.25, 0.3) is 0 Å². The summed E-state index contributed by atoms with van der Waals surface area (Å²) in [5.41, 5.74) is 1.53. The first-order valence-corrected chi connectivity index (χ1v) is 12.0. The predicted octanol–water partition coefficient (Wildman–Crippen LogP) is 5.91. The third kappa shape index (κ3) is 6.59. The summed E-state index contributed by atoms with van der Waals surface area (Å²) >= 11 is 8.05. The molecule has 0 fully saturated rings. The third-order valence-corrected chi connectivity index (χ3v) is 6.52. The summed E-state index contributed by atoms with van der Waals surface area (Å²) in [6, 6.07) is 13.7. The first-order valence-electron chi connectivity index (χ1n) is 9.59. The maximum Gasteiger partial charge on any atom is 0.319 e. The first kappa shape index (κ1) is 23.4. The van der Waals surface area contributed by atoms with Crippen molar-refractivity contribution in [3.8, 4) is 10.6 Å². The SMILES string of the molecule is CC[C@@H](C)[C@H](NC(=O)Nc1cccc(Br)c1)C(=O)Nc1nnc(-c2ccc(Br)cc2)s1. The van der Waals surface area contributed by atoms with Crippen molar-refractivity contribution in [1.29, 1.82) is 0 Å². The minimum atomic E-state index is -0.725. The highest BCUT2D eigenvalue weighted by atomic mass is 79.9. The van der Waals surface area contributed by atoms with Crippen molar-refractivity contribution in [2.24, 2.45) is 5.92 Å². The number of amides is 3. The van der Waals surface area contributed by atoms with Gasteiger partial charge in [0.15, 0.2) is 0 Å². The van der Waals surface area contributed by atoms with Gasteiger partial charge in [-0.05, 0) is 36.2 Å². The number of aromatic nitrogens is 2. The Labute approximate surface area is 201 Å². The monoisotopic (exact) mass is 565 g/mol. The lowest BCUT2D eigenvalue weighted by molar-refractivity contribution is -0.119. The Bertz CT molecular complexity index is 1060. The Hall–Kier alpha value is -2.30. The molecule has 3 N–H and O–H groups in total. The topological polar surface area (TPSA) is 96.0 Å². The van der Waals surface area contributed by atoms with Crippen LogP contribution in [-0.4, -0.2) is 28.2 Å². The molecule has 10 heteroatoms. The van der Waals surface area contributed by atoms with Crippen molar-refractivity contribution >= 4 is 66.0 Å². The van der Waals surface area contributed by atoms with E-state index in [0.717, 1.165) is 20.9 Å². The molecule has 0 aliphatic heterocycles. The molecule has 0 radical (unpaired) electrons. The summed E-state index contributed by atoms with van der Waals surface area (Å²) in [5.74, 6) is -0.413. The van der Waals surface area contributed by atoms with Gasteiger partial charge in [-0.3, -0.25) is 10.1 Å². The summed E-state index contributed by atoms with van der Waals surface area (Å²) in [7, 11) is 0. The molecule has 2 aromatic carbocycles. The second kappa shape index (κ2) is 10.8. The number of benzene rings is 2. The zero-order valence-electron chi connectivity index (χ0n) is 16.9. The highest BCUT2D eigenvalue weighted by Gasteiger charge is 2.27. The van der Waals surface area contributed by atoms with Gasteiger partial charge >= 0.3 is 6.03 Å². The molecule has 0 spiro atoms. The lowest BCUT2D eigenvalue weighted by Crippen LogP contribution is -2.49. The van der Waals surface area contributed by atoms with Crippen molar-refractivity contribution in [2.45, 2.75) is 26.3 Å². The molecular formula is C21H21Br2N5O2S. The van der Waals surface area contributed by atoms with Crippen LogP contribution in [0.3, 0.4) is 0 Å². The molecule has 3 rings (SSSR count). The number of carbonyl (C=O) groups excluding carboxylic acids is 2. The largest absolute Gasteiger partial charge is 0.326 e. The molecule has 3 amide bonds. The minimum Gasteiger partial charge on any atom is -0.326 e. The number of rotatable bonds is 7. The van der Waals surface area contributed by atoms with Crippen LogP contribution in [-0.2, 0) is 4.79 Å². The quantitative estimate of drug-likeness (QED) is 0.331. The van der Waals surface area contributed by atoms with E-state index in [0.29, 0.717) is 15.8 Å². The second-order valence-corrected chi connectivity index (χ2v) is 9.69. The molecule has 3 aromatic rings. The molecule has 1 heterocycles. The predicted molar refractivity (Wildman–Crippen MR) is 131 cm³/mol. The van der Waals surface area contributed by atoms with E-state index >= 15 is 0 Å². The molecule has 1 aromatic heterocycles. The molecule has 0 aliphatic carbocycles. The van der Waals surface area contributed by atoms with Crippen molar-refractivity contribution < 1.29 is 9.59 Å². The number of hydrogen-bond donors (Lipinski definition) is 3. The molecule has 2 atom stereocenters. The number of nitrogens with zero attached hydrogens (tertiary/aromatic N) is 2. The third-order valence-electron chi connectivity index (χ3n) is 4.61. The van der Waals surface area contributed by atoms with Gasteiger partial charge in [-0.1, -0.05) is 81.7 Å². The maximum atomic E-state index is 12.9. The van der Waals surface area contributed by atoms with Crippen LogP contribution < -0.4 is 16.0 Å².